The first-order valence-corrected chi connectivity index (χ1v) is 7.89. The maximum absolute atomic E-state index is 12.0. The molecule has 1 aromatic carbocycles. The molecule has 21 heavy (non-hydrogen) atoms. The van der Waals surface area contributed by atoms with E-state index in [4.69, 9.17) is 4.74 Å². The predicted octanol–water partition coefficient (Wildman–Crippen LogP) is 3.18. The zero-order chi connectivity index (χ0) is 15.2. The summed E-state index contributed by atoms with van der Waals surface area (Å²) < 4.78 is 5.37. The van der Waals surface area contributed by atoms with Crippen molar-refractivity contribution >= 4 is 17.7 Å². The zero-order valence-electron chi connectivity index (χ0n) is 12.2. The van der Waals surface area contributed by atoms with Crippen molar-refractivity contribution in [2.75, 3.05) is 12.9 Å². The van der Waals surface area contributed by atoms with Crippen molar-refractivity contribution in [3.63, 3.8) is 0 Å². The van der Waals surface area contributed by atoms with Crippen molar-refractivity contribution in [1.29, 1.82) is 5.26 Å². The topological polar surface area (TPSA) is 62.1 Å². The Bertz CT molecular complexity index is 605. The minimum absolute atomic E-state index is 0.0523. The molecule has 0 aromatic heterocycles. The number of nitrogens with zero attached hydrogens (tertiary/aromatic N) is 1. The Kier molecular flexibility index (Phi) is 5.29. The van der Waals surface area contributed by atoms with Crippen molar-refractivity contribution in [2.24, 2.45) is 0 Å². The third kappa shape index (κ3) is 3.40. The molecule has 1 amide bonds. The van der Waals surface area contributed by atoms with Gasteiger partial charge >= 0.3 is 0 Å². The van der Waals surface area contributed by atoms with E-state index < -0.39 is 0 Å². The summed E-state index contributed by atoms with van der Waals surface area (Å²) >= 11 is 1.53. The van der Waals surface area contributed by atoms with Crippen molar-refractivity contribution in [3.05, 3.63) is 40.4 Å². The molecule has 2 rings (SSSR count). The highest BCUT2D eigenvalue weighted by Crippen LogP contribution is 2.39. The van der Waals surface area contributed by atoms with Gasteiger partial charge in [0.25, 0.3) is 0 Å². The number of methoxy groups -OCH3 is 1. The van der Waals surface area contributed by atoms with Gasteiger partial charge in [0.1, 0.15) is 5.75 Å². The van der Waals surface area contributed by atoms with E-state index in [0.29, 0.717) is 16.4 Å². The number of allylic oxidation sites excluding steroid dienone is 1. The number of rotatable bonds is 5. The van der Waals surface area contributed by atoms with E-state index in [1.54, 1.807) is 7.11 Å². The monoisotopic (exact) mass is 302 g/mol. The third-order valence-corrected chi connectivity index (χ3v) is 4.54. The van der Waals surface area contributed by atoms with E-state index in [0.717, 1.165) is 17.7 Å². The van der Waals surface area contributed by atoms with Gasteiger partial charge < -0.3 is 10.1 Å². The van der Waals surface area contributed by atoms with Crippen molar-refractivity contribution < 1.29 is 9.53 Å². The minimum Gasteiger partial charge on any atom is -0.496 e. The number of ether oxygens (including phenoxy) is 1. The minimum atomic E-state index is -0.237. The average molecular weight is 302 g/mol. The Labute approximate surface area is 129 Å². The SMILES string of the molecule is CCCSC1=C(C#N)[C@@H](c2ccccc2OC)CC(=O)N1. The molecule has 0 aliphatic carbocycles. The molecule has 0 saturated carbocycles. The van der Waals surface area contributed by atoms with Crippen LogP contribution in [0.4, 0.5) is 0 Å². The number of para-hydroxylation sites is 1. The van der Waals surface area contributed by atoms with Gasteiger partial charge in [0.15, 0.2) is 0 Å². The van der Waals surface area contributed by atoms with Crippen LogP contribution in [0.1, 0.15) is 31.2 Å². The van der Waals surface area contributed by atoms with Gasteiger partial charge in [-0.25, -0.2) is 0 Å². The van der Waals surface area contributed by atoms with Crippen molar-refractivity contribution in [2.45, 2.75) is 25.7 Å². The number of benzene rings is 1. The van der Waals surface area contributed by atoms with Crippen LogP contribution >= 0.6 is 11.8 Å². The molecule has 0 spiro atoms. The molecular formula is C16H18N2O2S. The first-order valence-electron chi connectivity index (χ1n) is 6.91. The maximum Gasteiger partial charge on any atom is 0.225 e. The molecule has 0 unspecified atom stereocenters. The van der Waals surface area contributed by atoms with E-state index in [1.165, 1.54) is 11.8 Å². The van der Waals surface area contributed by atoms with E-state index >= 15 is 0 Å². The van der Waals surface area contributed by atoms with E-state index in [9.17, 15) is 10.1 Å². The number of amides is 1. The lowest BCUT2D eigenvalue weighted by molar-refractivity contribution is -0.120. The van der Waals surface area contributed by atoms with Gasteiger partial charge in [-0.2, -0.15) is 5.26 Å². The Balaban J connectivity index is 2.45. The fourth-order valence-electron chi connectivity index (χ4n) is 2.36. The number of thioether (sulfide) groups is 1. The zero-order valence-corrected chi connectivity index (χ0v) is 13.0. The molecule has 1 heterocycles. The second-order valence-electron chi connectivity index (χ2n) is 4.75. The summed E-state index contributed by atoms with van der Waals surface area (Å²) in [6.07, 6.45) is 1.27. The van der Waals surface area contributed by atoms with Crippen LogP contribution in [-0.2, 0) is 4.79 Å². The average Bonchev–Trinajstić information content (AvgIpc) is 2.52. The molecule has 1 atom stereocenters. The molecule has 1 aliphatic rings. The molecule has 0 bridgehead atoms. The summed E-state index contributed by atoms with van der Waals surface area (Å²) in [4.78, 5) is 12.0. The fraction of sp³-hybridized carbons (Fsp3) is 0.375. The van der Waals surface area contributed by atoms with Crippen LogP contribution in [0.15, 0.2) is 34.9 Å². The van der Waals surface area contributed by atoms with Crippen molar-refractivity contribution in [3.8, 4) is 11.8 Å². The Morgan fingerprint density at radius 3 is 2.90 bits per heavy atom. The molecule has 1 aliphatic heterocycles. The summed E-state index contributed by atoms with van der Waals surface area (Å²) in [7, 11) is 1.60. The molecule has 0 saturated heterocycles. The highest BCUT2D eigenvalue weighted by atomic mass is 32.2. The number of carbonyl (C=O) groups is 1. The van der Waals surface area contributed by atoms with E-state index in [1.807, 2.05) is 24.3 Å². The summed E-state index contributed by atoms with van der Waals surface area (Å²) in [5.41, 5.74) is 1.51. The van der Waals surface area contributed by atoms with Gasteiger partial charge in [0.05, 0.1) is 23.8 Å². The van der Waals surface area contributed by atoms with Crippen LogP contribution in [-0.4, -0.2) is 18.8 Å². The quantitative estimate of drug-likeness (QED) is 0.907. The van der Waals surface area contributed by atoms with Crippen LogP contribution in [0.25, 0.3) is 0 Å². The standard InChI is InChI=1S/C16H18N2O2S/c1-3-8-21-16-13(10-17)12(9-15(19)18-16)11-6-4-5-7-14(11)20-2/h4-7,12H,3,8-9H2,1-2H3,(H,18,19)/t12-/m1/s1. The summed E-state index contributed by atoms with van der Waals surface area (Å²) in [6.45, 7) is 2.07. The lowest BCUT2D eigenvalue weighted by Gasteiger charge is -2.26. The molecule has 110 valence electrons. The van der Waals surface area contributed by atoms with Gasteiger partial charge in [0, 0.05) is 17.9 Å². The van der Waals surface area contributed by atoms with E-state index in [2.05, 4.69) is 18.3 Å². The lowest BCUT2D eigenvalue weighted by Crippen LogP contribution is -2.31. The molecule has 1 N–H and O–H groups in total. The van der Waals surface area contributed by atoms with Gasteiger partial charge in [-0.1, -0.05) is 25.1 Å². The second-order valence-corrected chi connectivity index (χ2v) is 5.86. The van der Waals surface area contributed by atoms with Crippen LogP contribution in [0, 0.1) is 11.3 Å². The molecular weight excluding hydrogens is 284 g/mol. The van der Waals surface area contributed by atoms with Gasteiger partial charge in [-0.05, 0) is 18.2 Å². The Hall–Kier alpha value is -1.93. The van der Waals surface area contributed by atoms with Crippen LogP contribution in [0.5, 0.6) is 5.75 Å². The lowest BCUT2D eigenvalue weighted by atomic mass is 9.86. The second kappa shape index (κ2) is 7.19. The Morgan fingerprint density at radius 2 is 2.24 bits per heavy atom. The predicted molar refractivity (Wildman–Crippen MR) is 83.9 cm³/mol. The summed E-state index contributed by atoms with van der Waals surface area (Å²) in [5, 5.41) is 13.0. The van der Waals surface area contributed by atoms with Crippen LogP contribution in [0.2, 0.25) is 0 Å². The maximum atomic E-state index is 12.0. The number of hydrogen-bond donors (Lipinski definition) is 1. The Morgan fingerprint density at radius 1 is 1.48 bits per heavy atom. The number of hydrogen-bond acceptors (Lipinski definition) is 4. The van der Waals surface area contributed by atoms with Crippen LogP contribution in [0.3, 0.4) is 0 Å². The summed E-state index contributed by atoms with van der Waals surface area (Å²) in [5.74, 6) is 1.30. The smallest absolute Gasteiger partial charge is 0.225 e. The van der Waals surface area contributed by atoms with Crippen molar-refractivity contribution in [1.82, 2.24) is 5.32 Å². The third-order valence-electron chi connectivity index (χ3n) is 3.32. The molecule has 4 nitrogen and oxygen atoms in total. The van der Waals surface area contributed by atoms with Gasteiger partial charge in [-0.3, -0.25) is 4.79 Å². The van der Waals surface area contributed by atoms with Crippen LogP contribution < -0.4 is 10.1 Å². The first-order chi connectivity index (χ1) is 10.2. The summed E-state index contributed by atoms with van der Waals surface area (Å²) in [6, 6.07) is 9.83. The normalized spacial score (nSPS) is 18.1. The molecule has 1 aromatic rings. The highest BCUT2D eigenvalue weighted by molar-refractivity contribution is 8.03. The largest absolute Gasteiger partial charge is 0.496 e. The van der Waals surface area contributed by atoms with Gasteiger partial charge in [-0.15, -0.1) is 11.8 Å². The highest BCUT2D eigenvalue weighted by Gasteiger charge is 2.31. The molecule has 0 radical (unpaired) electrons. The van der Waals surface area contributed by atoms with E-state index in [-0.39, 0.29) is 18.2 Å². The first kappa shape index (κ1) is 15.5. The van der Waals surface area contributed by atoms with Gasteiger partial charge in [0.2, 0.25) is 5.91 Å². The number of nitriles is 1. The molecule has 0 fully saturated rings. The number of carbonyl (C=O) groups excluding carboxylic acids is 1. The fourth-order valence-corrected chi connectivity index (χ4v) is 3.29. The molecule has 5 heteroatoms. The number of nitrogens with one attached hydrogen (secondary N) is 1.